The van der Waals surface area contributed by atoms with E-state index < -0.39 is 5.82 Å². The topological polar surface area (TPSA) is 30.0 Å². The molecule has 1 fully saturated rings. The molecule has 0 bridgehead atoms. The molecule has 0 saturated heterocycles. The predicted octanol–water partition coefficient (Wildman–Crippen LogP) is 2.59. The second-order valence-corrected chi connectivity index (χ2v) is 3.77. The van der Waals surface area contributed by atoms with E-state index in [0.29, 0.717) is 12.1 Å². The van der Waals surface area contributed by atoms with Crippen molar-refractivity contribution in [2.45, 2.75) is 25.7 Å². The molecule has 0 aliphatic heterocycles. The first-order valence-corrected chi connectivity index (χ1v) is 4.90. The Balaban J connectivity index is 1.92. The van der Waals surface area contributed by atoms with E-state index in [0.717, 1.165) is 18.5 Å². The van der Waals surface area contributed by atoms with Crippen molar-refractivity contribution in [2.75, 3.05) is 0 Å². The molecule has 1 aromatic heterocycles. The molecule has 2 nitrogen and oxygen atoms in total. The van der Waals surface area contributed by atoms with Gasteiger partial charge in [-0.05, 0) is 24.5 Å². The fraction of sp³-hybridized carbons (Fsp3) is 0.455. The van der Waals surface area contributed by atoms with E-state index in [1.807, 2.05) is 0 Å². The molecule has 0 radical (unpaired) electrons. The Morgan fingerprint density at radius 2 is 2.29 bits per heavy atom. The van der Waals surface area contributed by atoms with Crippen LogP contribution in [-0.4, -0.2) is 10.8 Å². The predicted molar refractivity (Wildman–Crippen MR) is 50.5 cm³/mol. The zero-order chi connectivity index (χ0) is 9.97. The van der Waals surface area contributed by atoms with E-state index in [9.17, 15) is 9.18 Å². The first-order valence-electron chi connectivity index (χ1n) is 4.90. The number of carbonyl (C=O) groups is 1. The minimum Gasteiger partial charge on any atom is -0.292 e. The third-order valence-electron chi connectivity index (χ3n) is 2.49. The number of carbonyl (C=O) groups excluding carboxylic acids is 1. The molecule has 14 heavy (non-hydrogen) atoms. The smallest absolute Gasteiger partial charge is 0.181 e. The normalized spacial score (nSPS) is 15.5. The Morgan fingerprint density at radius 1 is 1.50 bits per heavy atom. The molecule has 3 heteroatoms. The Kier molecular flexibility index (Phi) is 2.57. The fourth-order valence-electron chi connectivity index (χ4n) is 1.41. The van der Waals surface area contributed by atoms with Crippen molar-refractivity contribution in [3.8, 4) is 0 Å². The van der Waals surface area contributed by atoms with Crippen molar-refractivity contribution in [1.29, 1.82) is 0 Å². The van der Waals surface area contributed by atoms with Crippen molar-refractivity contribution in [2.24, 2.45) is 5.92 Å². The summed E-state index contributed by atoms with van der Waals surface area (Å²) in [5, 5.41) is 0. The van der Waals surface area contributed by atoms with Crippen molar-refractivity contribution >= 4 is 5.78 Å². The molecule has 1 aromatic rings. The lowest BCUT2D eigenvalue weighted by Crippen LogP contribution is -2.02. The maximum atomic E-state index is 12.5. The molecule has 1 heterocycles. The number of hydrogen-bond acceptors (Lipinski definition) is 2. The molecular formula is C11H12FNO. The number of pyridine rings is 1. The Hall–Kier alpha value is -1.25. The number of rotatable bonds is 4. The van der Waals surface area contributed by atoms with Crippen LogP contribution in [0.4, 0.5) is 4.39 Å². The Bertz CT molecular complexity index is 330. The molecule has 0 unspecified atom stereocenters. The van der Waals surface area contributed by atoms with Crippen molar-refractivity contribution < 1.29 is 9.18 Å². The second-order valence-electron chi connectivity index (χ2n) is 3.77. The average Bonchev–Trinajstić information content (AvgIpc) is 2.99. The van der Waals surface area contributed by atoms with Gasteiger partial charge in [-0.15, -0.1) is 0 Å². The number of halogens is 1. The lowest BCUT2D eigenvalue weighted by atomic mass is 10.1. The summed E-state index contributed by atoms with van der Waals surface area (Å²) < 4.78 is 12.5. The van der Waals surface area contributed by atoms with Crippen LogP contribution in [0.3, 0.4) is 0 Å². The highest BCUT2D eigenvalue weighted by molar-refractivity contribution is 5.94. The lowest BCUT2D eigenvalue weighted by molar-refractivity contribution is 0.0973. The van der Waals surface area contributed by atoms with Crippen LogP contribution in [0.2, 0.25) is 0 Å². The third kappa shape index (κ3) is 2.37. The van der Waals surface area contributed by atoms with Gasteiger partial charge in [0.25, 0.3) is 0 Å². The van der Waals surface area contributed by atoms with Gasteiger partial charge in [0.05, 0.1) is 6.20 Å². The molecule has 0 amide bonds. The summed E-state index contributed by atoms with van der Waals surface area (Å²) >= 11 is 0. The van der Waals surface area contributed by atoms with Gasteiger partial charge in [0, 0.05) is 6.42 Å². The molecule has 74 valence electrons. The van der Waals surface area contributed by atoms with Gasteiger partial charge in [0.1, 0.15) is 11.5 Å². The summed E-state index contributed by atoms with van der Waals surface area (Å²) in [6.45, 7) is 0. The van der Waals surface area contributed by atoms with Gasteiger partial charge in [-0.2, -0.15) is 0 Å². The summed E-state index contributed by atoms with van der Waals surface area (Å²) in [5.74, 6) is 0.375. The highest BCUT2D eigenvalue weighted by atomic mass is 19.1. The molecule has 2 rings (SSSR count). The number of Topliss-reactive ketones (excluding diaryl/α,β-unsaturated/α-hetero) is 1. The zero-order valence-electron chi connectivity index (χ0n) is 7.87. The minimum atomic E-state index is -0.399. The van der Waals surface area contributed by atoms with Crippen LogP contribution in [0, 0.1) is 11.7 Å². The van der Waals surface area contributed by atoms with E-state index in [4.69, 9.17) is 0 Å². The van der Waals surface area contributed by atoms with E-state index in [-0.39, 0.29) is 5.78 Å². The zero-order valence-corrected chi connectivity index (χ0v) is 7.87. The van der Waals surface area contributed by atoms with Gasteiger partial charge in [0.2, 0.25) is 0 Å². The summed E-state index contributed by atoms with van der Waals surface area (Å²) in [5.41, 5.74) is 0.382. The molecule has 0 aromatic carbocycles. The highest BCUT2D eigenvalue weighted by Crippen LogP contribution is 2.33. The van der Waals surface area contributed by atoms with Crippen LogP contribution in [-0.2, 0) is 0 Å². The van der Waals surface area contributed by atoms with Gasteiger partial charge in [-0.1, -0.05) is 12.8 Å². The van der Waals surface area contributed by atoms with Crippen molar-refractivity contribution in [1.82, 2.24) is 4.98 Å². The molecule has 1 aliphatic carbocycles. The number of aromatic nitrogens is 1. The van der Waals surface area contributed by atoms with Crippen LogP contribution in [0.15, 0.2) is 18.3 Å². The first-order chi connectivity index (χ1) is 6.75. The molecule has 1 aliphatic rings. The number of hydrogen-bond donors (Lipinski definition) is 0. The van der Waals surface area contributed by atoms with Gasteiger partial charge in [0.15, 0.2) is 5.78 Å². The van der Waals surface area contributed by atoms with E-state index >= 15 is 0 Å². The SMILES string of the molecule is O=C(CCC1CC1)c1ccc(F)cn1. The number of nitrogens with zero attached hydrogens (tertiary/aromatic N) is 1. The van der Waals surface area contributed by atoms with Gasteiger partial charge in [-0.25, -0.2) is 4.39 Å². The maximum Gasteiger partial charge on any atom is 0.181 e. The lowest BCUT2D eigenvalue weighted by Gasteiger charge is -1.98. The summed E-state index contributed by atoms with van der Waals surface area (Å²) in [4.78, 5) is 15.3. The Morgan fingerprint density at radius 3 is 2.86 bits per heavy atom. The standard InChI is InChI=1S/C11H12FNO/c12-9-4-5-10(13-7-9)11(14)6-3-8-1-2-8/h4-5,7-8H,1-3,6H2. The van der Waals surface area contributed by atoms with E-state index in [1.165, 1.54) is 25.0 Å². The second kappa shape index (κ2) is 3.86. The highest BCUT2D eigenvalue weighted by Gasteiger charge is 2.22. The van der Waals surface area contributed by atoms with Crippen LogP contribution in [0.1, 0.15) is 36.2 Å². The average molecular weight is 193 g/mol. The van der Waals surface area contributed by atoms with Crippen LogP contribution >= 0.6 is 0 Å². The molecular weight excluding hydrogens is 181 g/mol. The van der Waals surface area contributed by atoms with Crippen molar-refractivity contribution in [3.05, 3.63) is 29.8 Å². The van der Waals surface area contributed by atoms with Crippen LogP contribution in [0.25, 0.3) is 0 Å². The summed E-state index contributed by atoms with van der Waals surface area (Å²) in [6.07, 6.45) is 5.10. The summed E-state index contributed by atoms with van der Waals surface area (Å²) in [7, 11) is 0. The fourth-order valence-corrected chi connectivity index (χ4v) is 1.41. The molecule has 1 saturated carbocycles. The molecule has 0 N–H and O–H groups in total. The summed E-state index contributed by atoms with van der Waals surface area (Å²) in [6, 6.07) is 2.72. The van der Waals surface area contributed by atoms with Gasteiger partial charge < -0.3 is 0 Å². The molecule has 0 spiro atoms. The number of ketones is 1. The monoisotopic (exact) mass is 193 g/mol. The van der Waals surface area contributed by atoms with Crippen molar-refractivity contribution in [3.63, 3.8) is 0 Å². The third-order valence-corrected chi connectivity index (χ3v) is 2.49. The van der Waals surface area contributed by atoms with E-state index in [1.54, 1.807) is 0 Å². The maximum absolute atomic E-state index is 12.5. The van der Waals surface area contributed by atoms with Gasteiger partial charge >= 0.3 is 0 Å². The minimum absolute atomic E-state index is 0.0249. The van der Waals surface area contributed by atoms with E-state index in [2.05, 4.69) is 4.98 Å². The quantitative estimate of drug-likeness (QED) is 0.688. The molecule has 0 atom stereocenters. The van der Waals surface area contributed by atoms with Crippen LogP contribution in [0.5, 0.6) is 0 Å². The first kappa shape index (κ1) is 9.31. The largest absolute Gasteiger partial charge is 0.292 e. The van der Waals surface area contributed by atoms with Crippen LogP contribution < -0.4 is 0 Å². The Labute approximate surface area is 82.2 Å². The van der Waals surface area contributed by atoms with Gasteiger partial charge in [-0.3, -0.25) is 9.78 Å².